The zero-order chi connectivity index (χ0) is 20.7. The van der Waals surface area contributed by atoms with Crippen LogP contribution in [0.4, 0.5) is 5.69 Å². The van der Waals surface area contributed by atoms with E-state index in [1.54, 1.807) is 22.6 Å². The fraction of sp³-hybridized carbons (Fsp3) is 0.409. The van der Waals surface area contributed by atoms with Crippen LogP contribution in [0.15, 0.2) is 34.0 Å². The Labute approximate surface area is 180 Å². The van der Waals surface area contributed by atoms with Crippen LogP contribution < -0.4 is 10.5 Å². The number of fused-ring (bicyclic) bond motifs is 1. The van der Waals surface area contributed by atoms with Crippen molar-refractivity contribution in [2.45, 2.75) is 26.7 Å². The fourth-order valence-electron chi connectivity index (χ4n) is 4.11. The molecule has 0 saturated carbocycles. The van der Waals surface area contributed by atoms with E-state index in [0.717, 1.165) is 42.5 Å². The molecule has 0 unspecified atom stereocenters. The third-order valence-electron chi connectivity index (χ3n) is 5.88. The maximum absolute atomic E-state index is 13.4. The van der Waals surface area contributed by atoms with Gasteiger partial charge in [0.2, 0.25) is 0 Å². The highest BCUT2D eigenvalue weighted by atomic mass is 32.2. The molecule has 7 heteroatoms. The maximum Gasteiger partial charge on any atom is 0.266 e. The van der Waals surface area contributed by atoms with E-state index in [4.69, 9.17) is 12.2 Å². The van der Waals surface area contributed by atoms with Crippen LogP contribution in [0.3, 0.4) is 0 Å². The van der Waals surface area contributed by atoms with Gasteiger partial charge in [0.1, 0.15) is 4.32 Å². The Kier molecular flexibility index (Phi) is 5.53. The number of carbonyl (C=O) groups excluding carboxylic acids is 1. The molecule has 2 fully saturated rings. The summed E-state index contributed by atoms with van der Waals surface area (Å²) in [5.41, 5.74) is 2.35. The monoisotopic (exact) mass is 427 g/mol. The number of aromatic nitrogens is 1. The van der Waals surface area contributed by atoms with Crippen LogP contribution in [-0.2, 0) is 11.8 Å². The predicted octanol–water partition coefficient (Wildman–Crippen LogP) is 4.00. The summed E-state index contributed by atoms with van der Waals surface area (Å²) < 4.78 is 2.23. The number of nitrogens with zero attached hydrogens (tertiary/aromatic N) is 3. The molecule has 1 amide bonds. The molecule has 3 heterocycles. The zero-order valence-corrected chi connectivity index (χ0v) is 18.6. The Morgan fingerprint density at radius 1 is 1.21 bits per heavy atom. The summed E-state index contributed by atoms with van der Waals surface area (Å²) in [6, 6.07) is 8.00. The van der Waals surface area contributed by atoms with Gasteiger partial charge in [0.25, 0.3) is 11.5 Å². The first-order valence-corrected chi connectivity index (χ1v) is 11.3. The molecular formula is C22H25N3O2S2. The molecule has 2 aromatic rings. The number of rotatable bonds is 3. The minimum absolute atomic E-state index is 0.0842. The Balaban J connectivity index is 1.94. The number of amides is 1. The van der Waals surface area contributed by atoms with Gasteiger partial charge in [-0.1, -0.05) is 49.1 Å². The molecule has 152 valence electrons. The van der Waals surface area contributed by atoms with E-state index in [9.17, 15) is 9.59 Å². The molecule has 1 aromatic carbocycles. The number of hydrogen-bond donors (Lipinski definition) is 0. The van der Waals surface area contributed by atoms with E-state index in [1.165, 1.54) is 11.8 Å². The van der Waals surface area contributed by atoms with Gasteiger partial charge in [-0.15, -0.1) is 0 Å². The van der Waals surface area contributed by atoms with E-state index in [0.29, 0.717) is 27.3 Å². The lowest BCUT2D eigenvalue weighted by Gasteiger charge is -2.34. The number of pyridine rings is 1. The number of hydrogen-bond acceptors (Lipinski definition) is 5. The summed E-state index contributed by atoms with van der Waals surface area (Å²) in [5, 5.41) is 1.04. The van der Waals surface area contributed by atoms with Crippen LogP contribution in [-0.4, -0.2) is 39.3 Å². The molecule has 0 atom stereocenters. The Morgan fingerprint density at radius 2 is 1.90 bits per heavy atom. The van der Waals surface area contributed by atoms with E-state index in [2.05, 4.69) is 17.9 Å². The second-order valence-electron chi connectivity index (χ2n) is 7.74. The topological polar surface area (TPSA) is 45.6 Å². The third-order valence-corrected chi connectivity index (χ3v) is 7.25. The number of para-hydroxylation sites is 1. The summed E-state index contributed by atoms with van der Waals surface area (Å²) in [4.78, 5) is 30.6. The molecular weight excluding hydrogens is 402 g/mol. The molecule has 0 spiro atoms. The van der Waals surface area contributed by atoms with Gasteiger partial charge in [-0.25, -0.2) is 0 Å². The number of thioether (sulfide) groups is 1. The zero-order valence-electron chi connectivity index (χ0n) is 17.0. The summed E-state index contributed by atoms with van der Waals surface area (Å²) in [6.45, 7) is 6.54. The van der Waals surface area contributed by atoms with E-state index in [-0.39, 0.29) is 11.5 Å². The van der Waals surface area contributed by atoms with Crippen molar-refractivity contribution < 1.29 is 4.79 Å². The first-order chi connectivity index (χ1) is 13.9. The predicted molar refractivity (Wildman–Crippen MR) is 125 cm³/mol. The van der Waals surface area contributed by atoms with Crippen LogP contribution in [0.5, 0.6) is 0 Å². The molecule has 1 aromatic heterocycles. The molecule has 0 aliphatic carbocycles. The lowest BCUT2D eigenvalue weighted by Crippen LogP contribution is -2.35. The Hall–Kier alpha value is -2.12. The number of thiocarbonyl (C=S) groups is 1. The number of benzene rings is 1. The Bertz CT molecular complexity index is 1080. The van der Waals surface area contributed by atoms with Gasteiger partial charge in [-0.3, -0.25) is 14.5 Å². The van der Waals surface area contributed by atoms with Gasteiger partial charge in [0.15, 0.2) is 0 Å². The van der Waals surface area contributed by atoms with Crippen molar-refractivity contribution >= 4 is 56.9 Å². The standard InChI is InChI=1S/C22H25N3O2S2/c1-4-25-21(27)18(29-22(25)28)13-16-19(24-11-9-14(2)10-12-24)15-7-5-6-8-17(15)23(3)20(16)26/h5-8,13-14H,4,9-12H2,1-3H3. The SMILES string of the molecule is CCN1C(=O)C(=Cc2c(N3CCC(C)CC3)c3ccccc3n(C)c2=O)SC1=S. The van der Waals surface area contributed by atoms with Crippen LogP contribution in [0.1, 0.15) is 32.3 Å². The van der Waals surface area contributed by atoms with Crippen molar-refractivity contribution in [2.24, 2.45) is 13.0 Å². The highest BCUT2D eigenvalue weighted by Crippen LogP contribution is 2.37. The average molecular weight is 428 g/mol. The van der Waals surface area contributed by atoms with Crippen LogP contribution in [0.2, 0.25) is 0 Å². The van der Waals surface area contributed by atoms with Crippen molar-refractivity contribution in [3.05, 3.63) is 45.1 Å². The molecule has 5 nitrogen and oxygen atoms in total. The van der Waals surface area contributed by atoms with Gasteiger partial charge >= 0.3 is 0 Å². The summed E-state index contributed by atoms with van der Waals surface area (Å²) >= 11 is 6.63. The van der Waals surface area contributed by atoms with E-state index >= 15 is 0 Å². The van der Waals surface area contributed by atoms with Crippen LogP contribution in [0, 0.1) is 5.92 Å². The molecule has 0 radical (unpaired) electrons. The summed E-state index contributed by atoms with van der Waals surface area (Å²) in [7, 11) is 1.79. The van der Waals surface area contributed by atoms with Gasteiger partial charge in [-0.05, 0) is 37.8 Å². The average Bonchev–Trinajstić information content (AvgIpc) is 2.99. The number of aryl methyl sites for hydroxylation is 1. The lowest BCUT2D eigenvalue weighted by atomic mass is 9.97. The smallest absolute Gasteiger partial charge is 0.266 e. The summed E-state index contributed by atoms with van der Waals surface area (Å²) in [5.74, 6) is 0.573. The molecule has 0 bridgehead atoms. The first kappa shape index (κ1) is 20.2. The van der Waals surface area contributed by atoms with Gasteiger partial charge in [0, 0.05) is 32.1 Å². The Morgan fingerprint density at radius 3 is 2.55 bits per heavy atom. The van der Waals surface area contributed by atoms with Crippen molar-refractivity contribution in [3.63, 3.8) is 0 Å². The number of anilines is 1. The van der Waals surface area contributed by atoms with Crippen molar-refractivity contribution in [3.8, 4) is 0 Å². The quantitative estimate of drug-likeness (QED) is 0.547. The molecule has 29 heavy (non-hydrogen) atoms. The van der Waals surface area contributed by atoms with Crippen LogP contribution in [0.25, 0.3) is 17.0 Å². The van der Waals surface area contributed by atoms with E-state index < -0.39 is 0 Å². The normalized spacial score (nSPS) is 19.8. The molecule has 0 N–H and O–H groups in total. The minimum Gasteiger partial charge on any atom is -0.370 e. The molecule has 2 aliphatic rings. The first-order valence-electron chi connectivity index (χ1n) is 10.0. The highest BCUT2D eigenvalue weighted by molar-refractivity contribution is 8.26. The third kappa shape index (κ3) is 3.51. The van der Waals surface area contributed by atoms with Gasteiger partial charge in [0.05, 0.1) is 21.7 Å². The number of piperidine rings is 1. The molecule has 2 saturated heterocycles. The fourth-order valence-corrected chi connectivity index (χ4v) is 5.48. The van der Waals surface area contributed by atoms with Crippen molar-refractivity contribution in [2.75, 3.05) is 24.5 Å². The highest BCUT2D eigenvalue weighted by Gasteiger charge is 2.32. The largest absolute Gasteiger partial charge is 0.370 e. The minimum atomic E-state index is -0.115. The second kappa shape index (κ2) is 7.95. The van der Waals surface area contributed by atoms with Gasteiger partial charge < -0.3 is 9.47 Å². The van der Waals surface area contributed by atoms with Crippen molar-refractivity contribution in [1.82, 2.24) is 9.47 Å². The van der Waals surface area contributed by atoms with E-state index in [1.807, 2.05) is 25.1 Å². The maximum atomic E-state index is 13.4. The lowest BCUT2D eigenvalue weighted by molar-refractivity contribution is -0.121. The molecule has 4 rings (SSSR count). The van der Waals surface area contributed by atoms with Gasteiger partial charge in [-0.2, -0.15) is 0 Å². The summed E-state index contributed by atoms with van der Waals surface area (Å²) in [6.07, 6.45) is 3.96. The van der Waals surface area contributed by atoms with Crippen molar-refractivity contribution in [1.29, 1.82) is 0 Å². The second-order valence-corrected chi connectivity index (χ2v) is 9.41. The number of carbonyl (C=O) groups is 1. The van der Waals surface area contributed by atoms with Crippen LogP contribution >= 0.6 is 24.0 Å². The number of likely N-dealkylation sites (N-methyl/N-ethyl adjacent to an activating group) is 1. The molecule has 2 aliphatic heterocycles.